The summed E-state index contributed by atoms with van der Waals surface area (Å²) in [7, 11) is 0. The van der Waals surface area contributed by atoms with Gasteiger partial charge in [0.2, 0.25) is 0 Å². The second kappa shape index (κ2) is 4.99. The Hall–Kier alpha value is -1.07. The quantitative estimate of drug-likeness (QED) is 0.926. The van der Waals surface area contributed by atoms with Gasteiger partial charge in [0.05, 0.1) is 11.2 Å². The van der Waals surface area contributed by atoms with Crippen molar-refractivity contribution in [3.05, 3.63) is 35.4 Å². The molecule has 1 aliphatic heterocycles. The van der Waals surface area contributed by atoms with Gasteiger partial charge in [0, 0.05) is 25.0 Å². The Morgan fingerprint density at radius 3 is 2.67 bits per heavy atom. The SMILES string of the molecule is CC1CC(O)(Cc2cccc(C(F)(F)F)c2)CN1C1CC1. The molecule has 2 nitrogen and oxygen atoms in total. The van der Waals surface area contributed by atoms with Gasteiger partial charge in [0.1, 0.15) is 0 Å². The normalized spacial score (nSPS) is 30.8. The minimum Gasteiger partial charge on any atom is -0.388 e. The fraction of sp³-hybridized carbons (Fsp3) is 0.625. The minimum atomic E-state index is -4.33. The van der Waals surface area contributed by atoms with Crippen LogP contribution in [0.3, 0.4) is 0 Å². The molecule has 1 aromatic carbocycles. The number of alkyl halides is 3. The maximum absolute atomic E-state index is 12.7. The van der Waals surface area contributed by atoms with E-state index in [1.165, 1.54) is 18.9 Å². The molecule has 1 N–H and O–H groups in total. The number of nitrogens with zero attached hydrogens (tertiary/aromatic N) is 1. The number of hydrogen-bond acceptors (Lipinski definition) is 2. The molecule has 116 valence electrons. The Bertz CT molecular complexity index is 526. The van der Waals surface area contributed by atoms with Gasteiger partial charge in [-0.2, -0.15) is 13.2 Å². The van der Waals surface area contributed by atoms with E-state index in [1.807, 2.05) is 0 Å². The highest BCUT2D eigenvalue weighted by Crippen LogP contribution is 2.39. The van der Waals surface area contributed by atoms with E-state index in [-0.39, 0.29) is 6.42 Å². The van der Waals surface area contributed by atoms with E-state index in [0.29, 0.717) is 30.6 Å². The van der Waals surface area contributed by atoms with Crippen LogP contribution in [0.1, 0.15) is 37.3 Å². The highest BCUT2D eigenvalue weighted by atomic mass is 19.4. The molecule has 3 rings (SSSR count). The van der Waals surface area contributed by atoms with Crippen molar-refractivity contribution < 1.29 is 18.3 Å². The Morgan fingerprint density at radius 2 is 2.05 bits per heavy atom. The molecule has 1 aromatic rings. The fourth-order valence-corrected chi connectivity index (χ4v) is 3.49. The summed E-state index contributed by atoms with van der Waals surface area (Å²) < 4.78 is 38.2. The smallest absolute Gasteiger partial charge is 0.388 e. The van der Waals surface area contributed by atoms with E-state index in [0.717, 1.165) is 12.1 Å². The zero-order valence-electron chi connectivity index (χ0n) is 12.0. The van der Waals surface area contributed by atoms with Gasteiger partial charge in [-0.1, -0.05) is 18.2 Å². The lowest BCUT2D eigenvalue weighted by Crippen LogP contribution is -2.36. The Labute approximate surface area is 122 Å². The van der Waals surface area contributed by atoms with Crippen LogP contribution in [0.25, 0.3) is 0 Å². The van der Waals surface area contributed by atoms with Crippen molar-refractivity contribution in [2.75, 3.05) is 6.54 Å². The molecule has 2 atom stereocenters. The van der Waals surface area contributed by atoms with Crippen LogP contribution in [0.2, 0.25) is 0 Å². The molecule has 1 aliphatic carbocycles. The summed E-state index contributed by atoms with van der Waals surface area (Å²) in [5.74, 6) is 0. The summed E-state index contributed by atoms with van der Waals surface area (Å²) in [4.78, 5) is 2.30. The third kappa shape index (κ3) is 3.24. The Morgan fingerprint density at radius 1 is 1.33 bits per heavy atom. The second-order valence-corrected chi connectivity index (χ2v) is 6.56. The van der Waals surface area contributed by atoms with Gasteiger partial charge < -0.3 is 5.11 Å². The summed E-state index contributed by atoms with van der Waals surface area (Å²) in [6.45, 7) is 2.65. The number of β-amino-alcohol motifs (C(OH)–C–C–N with tert-alkyl or cyclic N) is 1. The first-order valence-corrected chi connectivity index (χ1v) is 7.41. The van der Waals surface area contributed by atoms with Crippen molar-refractivity contribution in [3.8, 4) is 0 Å². The average molecular weight is 299 g/mol. The van der Waals surface area contributed by atoms with Gasteiger partial charge in [-0.15, -0.1) is 0 Å². The molecule has 1 saturated heterocycles. The number of aliphatic hydroxyl groups is 1. The molecule has 21 heavy (non-hydrogen) atoms. The summed E-state index contributed by atoms with van der Waals surface area (Å²) in [6.07, 6.45) is -1.08. The molecule has 1 heterocycles. The molecular weight excluding hydrogens is 279 g/mol. The van der Waals surface area contributed by atoms with E-state index >= 15 is 0 Å². The predicted molar refractivity (Wildman–Crippen MR) is 73.9 cm³/mol. The van der Waals surface area contributed by atoms with E-state index in [1.54, 1.807) is 6.07 Å². The van der Waals surface area contributed by atoms with Crippen LogP contribution in [0.15, 0.2) is 24.3 Å². The van der Waals surface area contributed by atoms with Crippen LogP contribution in [0.4, 0.5) is 13.2 Å². The highest BCUT2D eigenvalue weighted by molar-refractivity contribution is 5.27. The Balaban J connectivity index is 1.74. The molecule has 2 unspecified atom stereocenters. The third-order valence-corrected chi connectivity index (χ3v) is 4.52. The standard InChI is InChI=1S/C16H20F3NO/c1-11-8-15(21,10-20(11)14-5-6-14)9-12-3-2-4-13(7-12)16(17,18)19/h2-4,7,11,14,21H,5-6,8-10H2,1H3. The van der Waals surface area contributed by atoms with Gasteiger partial charge in [0.15, 0.2) is 0 Å². The molecule has 2 aliphatic rings. The molecular formula is C16H20F3NO. The van der Waals surface area contributed by atoms with Crippen LogP contribution in [0.5, 0.6) is 0 Å². The summed E-state index contributed by atoms with van der Waals surface area (Å²) in [6, 6.07) is 6.17. The van der Waals surface area contributed by atoms with Crippen molar-refractivity contribution >= 4 is 0 Å². The van der Waals surface area contributed by atoms with E-state index < -0.39 is 17.3 Å². The first-order chi connectivity index (χ1) is 9.77. The zero-order chi connectivity index (χ0) is 15.3. The van der Waals surface area contributed by atoms with Crippen molar-refractivity contribution in [1.82, 2.24) is 4.90 Å². The van der Waals surface area contributed by atoms with Crippen LogP contribution < -0.4 is 0 Å². The first-order valence-electron chi connectivity index (χ1n) is 7.41. The third-order valence-electron chi connectivity index (χ3n) is 4.52. The van der Waals surface area contributed by atoms with Gasteiger partial charge in [-0.3, -0.25) is 4.90 Å². The summed E-state index contributed by atoms with van der Waals surface area (Å²) >= 11 is 0. The van der Waals surface area contributed by atoms with E-state index in [4.69, 9.17) is 0 Å². The highest BCUT2D eigenvalue weighted by Gasteiger charge is 2.46. The van der Waals surface area contributed by atoms with Crippen molar-refractivity contribution in [2.24, 2.45) is 0 Å². The van der Waals surface area contributed by atoms with Crippen LogP contribution >= 0.6 is 0 Å². The Kier molecular flexibility index (Phi) is 3.53. The van der Waals surface area contributed by atoms with Gasteiger partial charge in [0.25, 0.3) is 0 Å². The number of rotatable bonds is 3. The van der Waals surface area contributed by atoms with E-state index in [9.17, 15) is 18.3 Å². The number of hydrogen-bond donors (Lipinski definition) is 1. The molecule has 0 spiro atoms. The topological polar surface area (TPSA) is 23.5 Å². The van der Waals surface area contributed by atoms with Crippen LogP contribution in [-0.4, -0.2) is 34.2 Å². The molecule has 0 bridgehead atoms. The molecule has 1 saturated carbocycles. The molecule has 0 aromatic heterocycles. The fourth-order valence-electron chi connectivity index (χ4n) is 3.49. The average Bonchev–Trinajstić information content (AvgIpc) is 3.15. The van der Waals surface area contributed by atoms with Gasteiger partial charge in [-0.05, 0) is 37.8 Å². The maximum atomic E-state index is 12.7. The predicted octanol–water partition coefficient (Wildman–Crippen LogP) is 3.24. The zero-order valence-corrected chi connectivity index (χ0v) is 12.0. The molecule has 0 amide bonds. The van der Waals surface area contributed by atoms with Gasteiger partial charge >= 0.3 is 6.18 Å². The van der Waals surface area contributed by atoms with Crippen molar-refractivity contribution in [2.45, 2.75) is 56.5 Å². The largest absolute Gasteiger partial charge is 0.416 e. The number of likely N-dealkylation sites (tertiary alicyclic amines) is 1. The first kappa shape index (κ1) is 14.9. The molecule has 2 fully saturated rings. The lowest BCUT2D eigenvalue weighted by atomic mass is 9.91. The van der Waals surface area contributed by atoms with Gasteiger partial charge in [-0.25, -0.2) is 0 Å². The second-order valence-electron chi connectivity index (χ2n) is 6.56. The number of benzene rings is 1. The van der Waals surface area contributed by atoms with Crippen LogP contribution in [0, 0.1) is 0 Å². The van der Waals surface area contributed by atoms with Crippen molar-refractivity contribution in [3.63, 3.8) is 0 Å². The summed E-state index contributed by atoms with van der Waals surface area (Å²) in [5.41, 5.74) is -1.00. The van der Waals surface area contributed by atoms with E-state index in [2.05, 4.69) is 11.8 Å². The monoisotopic (exact) mass is 299 g/mol. The molecule has 5 heteroatoms. The van der Waals surface area contributed by atoms with Crippen LogP contribution in [-0.2, 0) is 12.6 Å². The molecule has 0 radical (unpaired) electrons. The number of halogens is 3. The minimum absolute atomic E-state index is 0.282. The maximum Gasteiger partial charge on any atom is 0.416 e. The van der Waals surface area contributed by atoms with Crippen molar-refractivity contribution in [1.29, 1.82) is 0 Å². The lowest BCUT2D eigenvalue weighted by Gasteiger charge is -2.24. The lowest BCUT2D eigenvalue weighted by molar-refractivity contribution is -0.137. The summed E-state index contributed by atoms with van der Waals surface area (Å²) in [5, 5.41) is 10.7.